The number of hydrogen-bond acceptors (Lipinski definition) is 6. The molecule has 146 valence electrons. The zero-order chi connectivity index (χ0) is 20.7. The molecule has 0 radical (unpaired) electrons. The van der Waals surface area contributed by atoms with Crippen molar-refractivity contribution in [1.29, 1.82) is 0 Å². The number of halogens is 1. The van der Waals surface area contributed by atoms with Crippen molar-refractivity contribution in [3.63, 3.8) is 0 Å². The first-order valence-corrected chi connectivity index (χ1v) is 8.38. The van der Waals surface area contributed by atoms with Gasteiger partial charge in [-0.25, -0.2) is 9.59 Å². The van der Waals surface area contributed by atoms with Gasteiger partial charge in [0.25, 0.3) is 0 Å². The van der Waals surface area contributed by atoms with Crippen LogP contribution in [0.15, 0.2) is 42.5 Å². The first-order chi connectivity index (χ1) is 13.4. The maximum atomic E-state index is 12.2. The Kier molecular flexibility index (Phi) is 7.11. The van der Waals surface area contributed by atoms with E-state index < -0.39 is 23.8 Å². The molecule has 8 nitrogen and oxygen atoms in total. The van der Waals surface area contributed by atoms with Crippen molar-refractivity contribution in [3.05, 3.63) is 64.2 Å². The van der Waals surface area contributed by atoms with Crippen LogP contribution in [0.2, 0.25) is 5.02 Å². The number of ether oxygens (including phenoxy) is 2. The lowest BCUT2D eigenvalue weighted by atomic mass is 10.1. The van der Waals surface area contributed by atoms with E-state index in [1.165, 1.54) is 32.4 Å². The van der Waals surface area contributed by atoms with Gasteiger partial charge in [-0.1, -0.05) is 29.8 Å². The van der Waals surface area contributed by atoms with Gasteiger partial charge in [-0.2, -0.15) is 0 Å². The van der Waals surface area contributed by atoms with Crippen molar-refractivity contribution in [3.8, 4) is 0 Å². The van der Waals surface area contributed by atoms with E-state index in [0.29, 0.717) is 10.6 Å². The van der Waals surface area contributed by atoms with Crippen molar-refractivity contribution < 1.29 is 28.7 Å². The Morgan fingerprint density at radius 2 is 1.61 bits per heavy atom. The van der Waals surface area contributed by atoms with Crippen LogP contribution in [-0.2, 0) is 25.6 Å². The quantitative estimate of drug-likeness (QED) is 0.583. The van der Waals surface area contributed by atoms with Gasteiger partial charge in [0.1, 0.15) is 0 Å². The van der Waals surface area contributed by atoms with E-state index in [9.17, 15) is 19.2 Å². The summed E-state index contributed by atoms with van der Waals surface area (Å²) < 4.78 is 9.25. The summed E-state index contributed by atoms with van der Waals surface area (Å²) in [6, 6.07) is 10.7. The molecule has 2 aromatic rings. The molecule has 9 heteroatoms. The van der Waals surface area contributed by atoms with E-state index >= 15 is 0 Å². The average Bonchev–Trinajstić information content (AvgIpc) is 2.71. The molecule has 0 unspecified atom stereocenters. The summed E-state index contributed by atoms with van der Waals surface area (Å²) in [5.41, 5.74) is 0.630. The smallest absolute Gasteiger partial charge is 0.339 e. The predicted octanol–water partition coefficient (Wildman–Crippen LogP) is 2.17. The van der Waals surface area contributed by atoms with Crippen LogP contribution < -0.4 is 10.6 Å². The topological polar surface area (TPSA) is 111 Å². The Balaban J connectivity index is 2.16. The molecule has 0 aliphatic carbocycles. The first kappa shape index (κ1) is 20.9. The zero-order valence-electron chi connectivity index (χ0n) is 15.1. The highest BCUT2D eigenvalue weighted by Crippen LogP contribution is 2.20. The summed E-state index contributed by atoms with van der Waals surface area (Å²) in [5, 5.41) is 5.18. The summed E-state index contributed by atoms with van der Waals surface area (Å²) in [5.74, 6) is -3.39. The summed E-state index contributed by atoms with van der Waals surface area (Å²) in [6.07, 6.45) is 0. The standard InChI is InChI=1S/C19H17ClN2O6/c1-27-18(25)11-7-8-13(19(26)28-2)15(9-11)22-17(24)16(23)21-10-12-5-3-4-6-14(12)20/h3-9H,10H2,1-2H3,(H,21,23)(H,22,24). The molecule has 2 amide bonds. The van der Waals surface area contributed by atoms with Crippen LogP contribution in [0.25, 0.3) is 0 Å². The van der Waals surface area contributed by atoms with Gasteiger partial charge >= 0.3 is 23.8 Å². The lowest BCUT2D eigenvalue weighted by molar-refractivity contribution is -0.136. The summed E-state index contributed by atoms with van der Waals surface area (Å²) in [6.45, 7) is 0.0397. The van der Waals surface area contributed by atoms with Gasteiger partial charge in [0.05, 0.1) is 31.0 Å². The summed E-state index contributed by atoms with van der Waals surface area (Å²) >= 11 is 6.00. The highest BCUT2D eigenvalue weighted by Gasteiger charge is 2.20. The maximum Gasteiger partial charge on any atom is 0.339 e. The first-order valence-electron chi connectivity index (χ1n) is 8.00. The van der Waals surface area contributed by atoms with Crippen LogP contribution >= 0.6 is 11.6 Å². The summed E-state index contributed by atoms with van der Waals surface area (Å²) in [7, 11) is 2.36. The second-order valence-electron chi connectivity index (χ2n) is 5.47. The Hall–Kier alpha value is -3.39. The number of anilines is 1. The molecule has 0 saturated heterocycles. The lowest BCUT2D eigenvalue weighted by Crippen LogP contribution is -2.35. The molecule has 28 heavy (non-hydrogen) atoms. The van der Waals surface area contributed by atoms with Crippen LogP contribution in [-0.4, -0.2) is 38.0 Å². The fourth-order valence-corrected chi connectivity index (χ4v) is 2.46. The minimum absolute atomic E-state index is 0.0255. The minimum Gasteiger partial charge on any atom is -0.465 e. The van der Waals surface area contributed by atoms with Gasteiger partial charge in [0, 0.05) is 11.6 Å². The molecule has 0 aliphatic heterocycles. The van der Waals surface area contributed by atoms with Crippen molar-refractivity contribution in [2.75, 3.05) is 19.5 Å². The fourth-order valence-electron chi connectivity index (χ4n) is 2.26. The number of rotatable bonds is 5. The molecular weight excluding hydrogens is 388 g/mol. The van der Waals surface area contributed by atoms with E-state index in [1.54, 1.807) is 24.3 Å². The lowest BCUT2D eigenvalue weighted by Gasteiger charge is -2.12. The number of carbonyl (C=O) groups excluding carboxylic acids is 4. The fraction of sp³-hybridized carbons (Fsp3) is 0.158. The Morgan fingerprint density at radius 1 is 0.929 bits per heavy atom. The van der Waals surface area contributed by atoms with Crippen LogP contribution in [0.4, 0.5) is 5.69 Å². The molecule has 0 aromatic heterocycles. The van der Waals surface area contributed by atoms with Gasteiger partial charge in [-0.15, -0.1) is 0 Å². The van der Waals surface area contributed by atoms with Crippen molar-refractivity contribution in [2.24, 2.45) is 0 Å². The number of esters is 2. The number of amides is 2. The maximum absolute atomic E-state index is 12.2. The highest BCUT2D eigenvalue weighted by molar-refractivity contribution is 6.40. The van der Waals surface area contributed by atoms with E-state index in [0.717, 1.165) is 0 Å². The molecule has 2 rings (SSSR count). The molecule has 0 spiro atoms. The Labute approximate surface area is 165 Å². The highest BCUT2D eigenvalue weighted by atomic mass is 35.5. The number of nitrogens with one attached hydrogen (secondary N) is 2. The molecule has 0 heterocycles. The number of benzene rings is 2. The zero-order valence-corrected chi connectivity index (χ0v) is 15.8. The molecule has 0 aliphatic rings. The third kappa shape index (κ3) is 5.08. The van der Waals surface area contributed by atoms with Gasteiger partial charge in [-0.05, 0) is 29.8 Å². The molecule has 0 saturated carbocycles. The second-order valence-corrected chi connectivity index (χ2v) is 5.88. The van der Waals surface area contributed by atoms with Crippen LogP contribution in [0.3, 0.4) is 0 Å². The predicted molar refractivity (Wildman–Crippen MR) is 101 cm³/mol. The minimum atomic E-state index is -1.03. The van der Waals surface area contributed by atoms with E-state index in [2.05, 4.69) is 20.1 Å². The number of carbonyl (C=O) groups is 4. The normalized spacial score (nSPS) is 9.96. The van der Waals surface area contributed by atoms with Gasteiger partial charge in [0.15, 0.2) is 0 Å². The van der Waals surface area contributed by atoms with E-state index in [4.69, 9.17) is 11.6 Å². The molecule has 0 atom stereocenters. The van der Waals surface area contributed by atoms with Crippen molar-refractivity contribution in [1.82, 2.24) is 5.32 Å². The third-order valence-corrected chi connectivity index (χ3v) is 4.07. The van der Waals surface area contributed by atoms with Crippen molar-refractivity contribution >= 4 is 41.0 Å². The van der Waals surface area contributed by atoms with Gasteiger partial charge in [0.2, 0.25) is 0 Å². The largest absolute Gasteiger partial charge is 0.465 e. The second kappa shape index (κ2) is 9.52. The van der Waals surface area contributed by atoms with Gasteiger partial charge < -0.3 is 20.1 Å². The van der Waals surface area contributed by atoms with Crippen molar-refractivity contribution in [2.45, 2.75) is 6.54 Å². The Morgan fingerprint density at radius 3 is 2.25 bits per heavy atom. The van der Waals surface area contributed by atoms with Gasteiger partial charge in [-0.3, -0.25) is 9.59 Å². The average molecular weight is 405 g/mol. The molecule has 0 fully saturated rings. The molecule has 0 bridgehead atoms. The third-order valence-electron chi connectivity index (χ3n) is 3.70. The SMILES string of the molecule is COC(=O)c1ccc(C(=O)OC)c(NC(=O)C(=O)NCc2ccccc2Cl)c1. The van der Waals surface area contributed by atoms with E-state index in [-0.39, 0.29) is 23.4 Å². The summed E-state index contributed by atoms with van der Waals surface area (Å²) in [4.78, 5) is 47.9. The van der Waals surface area contributed by atoms with Crippen LogP contribution in [0.1, 0.15) is 26.3 Å². The molecule has 2 aromatic carbocycles. The monoisotopic (exact) mass is 404 g/mol. The van der Waals surface area contributed by atoms with Crippen LogP contribution in [0, 0.1) is 0 Å². The van der Waals surface area contributed by atoms with E-state index in [1.807, 2.05) is 0 Å². The number of hydrogen-bond donors (Lipinski definition) is 2. The van der Waals surface area contributed by atoms with Crippen LogP contribution in [0.5, 0.6) is 0 Å². The molecule has 2 N–H and O–H groups in total. The number of methoxy groups -OCH3 is 2. The molecular formula is C19H17ClN2O6. The Bertz CT molecular complexity index is 928.